The number of nitrogens with one attached hydrogen (secondary N) is 2. The lowest BCUT2D eigenvalue weighted by molar-refractivity contribution is -0.114. The van der Waals surface area contributed by atoms with Crippen LogP contribution in [0.5, 0.6) is 0 Å². The smallest absolute Gasteiger partial charge is 0.243 e. The molecule has 0 bridgehead atoms. The predicted molar refractivity (Wildman–Crippen MR) is 84.0 cm³/mol. The maximum absolute atomic E-state index is 11.8. The Bertz CT molecular complexity index is 535. The second-order valence-electron chi connectivity index (χ2n) is 4.71. The zero-order chi connectivity index (χ0) is 14.2. The fourth-order valence-electron chi connectivity index (χ4n) is 1.99. The maximum Gasteiger partial charge on any atom is 0.243 e. The first-order valence-corrected chi connectivity index (χ1v) is 6.95. The van der Waals surface area contributed by atoms with E-state index in [9.17, 15) is 4.79 Å². The summed E-state index contributed by atoms with van der Waals surface area (Å²) in [5.74, 6) is -0.0474. The van der Waals surface area contributed by atoms with Gasteiger partial charge in [-0.25, -0.2) is 0 Å². The van der Waals surface area contributed by atoms with Gasteiger partial charge in [0, 0.05) is 11.4 Å². The van der Waals surface area contributed by atoms with Gasteiger partial charge in [0.2, 0.25) is 5.91 Å². The SMILES string of the molecule is CCCc1ccc(NCC(=O)Nc2ccccc2)cc1. The van der Waals surface area contributed by atoms with Crippen LogP contribution in [0.15, 0.2) is 54.6 Å². The number of carbonyl (C=O) groups is 1. The number of hydrogen-bond acceptors (Lipinski definition) is 2. The number of benzene rings is 2. The fourth-order valence-corrected chi connectivity index (χ4v) is 1.99. The molecule has 0 radical (unpaired) electrons. The monoisotopic (exact) mass is 268 g/mol. The lowest BCUT2D eigenvalue weighted by atomic mass is 10.1. The van der Waals surface area contributed by atoms with E-state index >= 15 is 0 Å². The second kappa shape index (κ2) is 7.34. The van der Waals surface area contributed by atoms with Crippen molar-refractivity contribution in [2.45, 2.75) is 19.8 Å². The van der Waals surface area contributed by atoms with E-state index in [4.69, 9.17) is 0 Å². The summed E-state index contributed by atoms with van der Waals surface area (Å²) >= 11 is 0. The molecule has 0 fully saturated rings. The highest BCUT2D eigenvalue weighted by atomic mass is 16.1. The number of para-hydroxylation sites is 1. The summed E-state index contributed by atoms with van der Waals surface area (Å²) in [5, 5.41) is 5.96. The molecule has 2 aromatic carbocycles. The van der Waals surface area contributed by atoms with Crippen LogP contribution in [0, 0.1) is 0 Å². The molecule has 0 saturated carbocycles. The van der Waals surface area contributed by atoms with E-state index in [1.165, 1.54) is 5.56 Å². The van der Waals surface area contributed by atoms with E-state index in [-0.39, 0.29) is 12.5 Å². The van der Waals surface area contributed by atoms with Gasteiger partial charge in [-0.05, 0) is 36.2 Å². The van der Waals surface area contributed by atoms with Crippen molar-refractivity contribution in [2.75, 3.05) is 17.2 Å². The van der Waals surface area contributed by atoms with Crippen molar-refractivity contribution in [3.63, 3.8) is 0 Å². The van der Waals surface area contributed by atoms with Crippen molar-refractivity contribution in [1.29, 1.82) is 0 Å². The van der Waals surface area contributed by atoms with Crippen LogP contribution in [-0.4, -0.2) is 12.5 Å². The molecule has 20 heavy (non-hydrogen) atoms. The van der Waals surface area contributed by atoms with Crippen LogP contribution in [0.1, 0.15) is 18.9 Å². The van der Waals surface area contributed by atoms with Gasteiger partial charge in [-0.15, -0.1) is 0 Å². The molecule has 0 heterocycles. The van der Waals surface area contributed by atoms with Crippen molar-refractivity contribution in [2.24, 2.45) is 0 Å². The number of anilines is 2. The normalized spacial score (nSPS) is 10.1. The summed E-state index contributed by atoms with van der Waals surface area (Å²) in [6.45, 7) is 2.43. The number of rotatable bonds is 6. The van der Waals surface area contributed by atoms with Gasteiger partial charge in [0.25, 0.3) is 0 Å². The first-order chi connectivity index (χ1) is 9.78. The molecule has 0 saturated heterocycles. The molecular formula is C17H20N2O. The quantitative estimate of drug-likeness (QED) is 0.839. The van der Waals surface area contributed by atoms with Crippen molar-refractivity contribution in [3.05, 3.63) is 60.2 Å². The highest BCUT2D eigenvalue weighted by molar-refractivity contribution is 5.93. The molecule has 0 aliphatic rings. The van der Waals surface area contributed by atoms with Gasteiger partial charge >= 0.3 is 0 Å². The van der Waals surface area contributed by atoms with Crippen molar-refractivity contribution in [3.8, 4) is 0 Å². The summed E-state index contributed by atoms with van der Waals surface area (Å²) < 4.78 is 0. The summed E-state index contributed by atoms with van der Waals surface area (Å²) in [6.07, 6.45) is 2.24. The first-order valence-electron chi connectivity index (χ1n) is 6.95. The zero-order valence-corrected chi connectivity index (χ0v) is 11.7. The molecule has 3 nitrogen and oxygen atoms in total. The third-order valence-corrected chi connectivity index (χ3v) is 3.00. The Morgan fingerprint density at radius 3 is 2.30 bits per heavy atom. The minimum Gasteiger partial charge on any atom is -0.376 e. The Balaban J connectivity index is 1.81. The van der Waals surface area contributed by atoms with Gasteiger partial charge in [-0.2, -0.15) is 0 Å². The van der Waals surface area contributed by atoms with Crippen molar-refractivity contribution in [1.82, 2.24) is 0 Å². The van der Waals surface area contributed by atoms with Crippen LogP contribution in [0.4, 0.5) is 11.4 Å². The largest absolute Gasteiger partial charge is 0.376 e. The average Bonchev–Trinajstić information content (AvgIpc) is 2.48. The molecule has 104 valence electrons. The third kappa shape index (κ3) is 4.43. The number of aryl methyl sites for hydroxylation is 1. The van der Waals surface area contributed by atoms with E-state index in [1.54, 1.807) is 0 Å². The van der Waals surface area contributed by atoms with E-state index < -0.39 is 0 Å². The number of carbonyl (C=O) groups excluding carboxylic acids is 1. The van der Waals surface area contributed by atoms with Gasteiger partial charge < -0.3 is 10.6 Å². The lowest BCUT2D eigenvalue weighted by Crippen LogP contribution is -2.21. The Kier molecular flexibility index (Phi) is 5.18. The van der Waals surface area contributed by atoms with Gasteiger partial charge in [0.1, 0.15) is 0 Å². The summed E-state index contributed by atoms with van der Waals surface area (Å²) in [7, 11) is 0. The van der Waals surface area contributed by atoms with Crippen LogP contribution in [0.2, 0.25) is 0 Å². The maximum atomic E-state index is 11.8. The predicted octanol–water partition coefficient (Wildman–Crippen LogP) is 3.69. The molecule has 1 amide bonds. The Morgan fingerprint density at radius 1 is 0.950 bits per heavy atom. The number of amides is 1. The molecular weight excluding hydrogens is 248 g/mol. The summed E-state index contributed by atoms with van der Waals surface area (Å²) in [6, 6.07) is 17.7. The molecule has 0 unspecified atom stereocenters. The fraction of sp³-hybridized carbons (Fsp3) is 0.235. The van der Waals surface area contributed by atoms with E-state index in [0.29, 0.717) is 0 Å². The van der Waals surface area contributed by atoms with E-state index in [2.05, 4.69) is 29.7 Å². The third-order valence-electron chi connectivity index (χ3n) is 3.00. The minimum absolute atomic E-state index is 0.0474. The molecule has 0 spiro atoms. The standard InChI is InChI=1S/C17H20N2O/c1-2-6-14-9-11-15(12-10-14)18-13-17(20)19-16-7-4-3-5-8-16/h3-5,7-12,18H,2,6,13H2,1H3,(H,19,20). The Morgan fingerprint density at radius 2 is 1.65 bits per heavy atom. The van der Waals surface area contributed by atoms with Crippen LogP contribution in [-0.2, 0) is 11.2 Å². The van der Waals surface area contributed by atoms with Gasteiger partial charge in [-0.3, -0.25) is 4.79 Å². The minimum atomic E-state index is -0.0474. The van der Waals surface area contributed by atoms with Crippen LogP contribution in [0.3, 0.4) is 0 Å². The Hall–Kier alpha value is -2.29. The van der Waals surface area contributed by atoms with E-state index in [1.807, 2.05) is 42.5 Å². The van der Waals surface area contributed by atoms with E-state index in [0.717, 1.165) is 24.2 Å². The second-order valence-corrected chi connectivity index (χ2v) is 4.71. The molecule has 0 atom stereocenters. The van der Waals surface area contributed by atoms with Crippen LogP contribution in [0.25, 0.3) is 0 Å². The van der Waals surface area contributed by atoms with Crippen molar-refractivity contribution >= 4 is 17.3 Å². The molecule has 2 aromatic rings. The molecule has 2 rings (SSSR count). The topological polar surface area (TPSA) is 41.1 Å². The Labute approximate surface area is 120 Å². The van der Waals surface area contributed by atoms with Gasteiger partial charge in [0.15, 0.2) is 0 Å². The zero-order valence-electron chi connectivity index (χ0n) is 11.7. The van der Waals surface area contributed by atoms with Crippen LogP contribution >= 0.6 is 0 Å². The summed E-state index contributed by atoms with van der Waals surface area (Å²) in [4.78, 5) is 11.8. The van der Waals surface area contributed by atoms with Crippen LogP contribution < -0.4 is 10.6 Å². The van der Waals surface area contributed by atoms with Crippen molar-refractivity contribution < 1.29 is 4.79 Å². The highest BCUT2D eigenvalue weighted by Crippen LogP contribution is 2.11. The molecule has 0 aliphatic carbocycles. The molecule has 3 heteroatoms. The average molecular weight is 268 g/mol. The molecule has 0 aromatic heterocycles. The first kappa shape index (κ1) is 14.1. The summed E-state index contributed by atoms with van der Waals surface area (Å²) in [5.41, 5.74) is 3.11. The lowest BCUT2D eigenvalue weighted by Gasteiger charge is -2.08. The molecule has 0 aliphatic heterocycles. The molecule has 2 N–H and O–H groups in total. The van der Waals surface area contributed by atoms with Gasteiger partial charge in [-0.1, -0.05) is 43.7 Å². The highest BCUT2D eigenvalue weighted by Gasteiger charge is 2.01. The van der Waals surface area contributed by atoms with Gasteiger partial charge in [0.05, 0.1) is 6.54 Å². The number of hydrogen-bond donors (Lipinski definition) is 2.